The highest BCUT2D eigenvalue weighted by molar-refractivity contribution is 6.32. The quantitative estimate of drug-likeness (QED) is 0.786. The van der Waals surface area contributed by atoms with Crippen molar-refractivity contribution in [1.82, 2.24) is 0 Å². The number of halogens is 2. The van der Waals surface area contributed by atoms with Gasteiger partial charge in [-0.3, -0.25) is 4.79 Å². The molecule has 0 heterocycles. The molecule has 0 spiro atoms. The van der Waals surface area contributed by atoms with Gasteiger partial charge in [-0.05, 0) is 18.2 Å². The zero-order valence-electron chi connectivity index (χ0n) is 12.3. The summed E-state index contributed by atoms with van der Waals surface area (Å²) in [5.74, 6) is -0.277. The summed E-state index contributed by atoms with van der Waals surface area (Å²) >= 11 is 6.03. The largest absolute Gasteiger partial charge is 0.497 e. The van der Waals surface area contributed by atoms with Crippen molar-refractivity contribution in [2.45, 2.75) is 0 Å². The molecular weight excluding hydrogens is 311 g/mol. The SMILES string of the molecule is COc1ccc(C(=O)c2cc(Cl)c(OC)cc2OC)c(F)c1. The Hall–Kier alpha value is -2.27. The Kier molecular flexibility index (Phi) is 4.88. The topological polar surface area (TPSA) is 44.8 Å². The minimum absolute atomic E-state index is 0.0969. The lowest BCUT2D eigenvalue weighted by atomic mass is 10.0. The van der Waals surface area contributed by atoms with Crippen LogP contribution in [0.3, 0.4) is 0 Å². The van der Waals surface area contributed by atoms with Crippen LogP contribution in [0.25, 0.3) is 0 Å². The van der Waals surface area contributed by atoms with Crippen molar-refractivity contribution >= 4 is 17.4 Å². The lowest BCUT2D eigenvalue weighted by Gasteiger charge is -2.12. The average Bonchev–Trinajstić information content (AvgIpc) is 2.53. The molecule has 4 nitrogen and oxygen atoms in total. The minimum Gasteiger partial charge on any atom is -0.497 e. The Balaban J connectivity index is 2.51. The molecule has 0 unspecified atom stereocenters. The van der Waals surface area contributed by atoms with Gasteiger partial charge in [-0.2, -0.15) is 0 Å². The number of benzene rings is 2. The fourth-order valence-electron chi connectivity index (χ4n) is 1.99. The molecule has 2 rings (SSSR count). The summed E-state index contributed by atoms with van der Waals surface area (Å²) in [4.78, 5) is 12.5. The molecule has 22 heavy (non-hydrogen) atoms. The number of carbonyl (C=O) groups is 1. The van der Waals surface area contributed by atoms with Gasteiger partial charge in [0.2, 0.25) is 0 Å². The van der Waals surface area contributed by atoms with Crippen molar-refractivity contribution in [2.24, 2.45) is 0 Å². The van der Waals surface area contributed by atoms with Crippen LogP contribution in [-0.2, 0) is 0 Å². The van der Waals surface area contributed by atoms with Crippen LogP contribution in [0.1, 0.15) is 15.9 Å². The highest BCUT2D eigenvalue weighted by Crippen LogP contribution is 2.34. The number of rotatable bonds is 5. The fraction of sp³-hybridized carbons (Fsp3) is 0.188. The first kappa shape index (κ1) is 16.1. The molecule has 0 aliphatic heterocycles. The minimum atomic E-state index is -0.682. The monoisotopic (exact) mass is 324 g/mol. The van der Waals surface area contributed by atoms with E-state index in [1.54, 1.807) is 0 Å². The van der Waals surface area contributed by atoms with Crippen LogP contribution in [0, 0.1) is 5.82 Å². The van der Waals surface area contributed by atoms with Gasteiger partial charge in [0.05, 0.1) is 37.5 Å². The smallest absolute Gasteiger partial charge is 0.199 e. The lowest BCUT2D eigenvalue weighted by Crippen LogP contribution is -2.07. The third kappa shape index (κ3) is 2.99. The molecular formula is C16H14ClFO4. The third-order valence-corrected chi connectivity index (χ3v) is 3.43. The van der Waals surface area contributed by atoms with E-state index in [0.29, 0.717) is 11.5 Å². The average molecular weight is 325 g/mol. The van der Waals surface area contributed by atoms with Crippen LogP contribution in [0.2, 0.25) is 5.02 Å². The van der Waals surface area contributed by atoms with Gasteiger partial charge in [-0.15, -0.1) is 0 Å². The summed E-state index contributed by atoms with van der Waals surface area (Å²) in [6, 6.07) is 6.88. The summed E-state index contributed by atoms with van der Waals surface area (Å²) in [6.45, 7) is 0. The Morgan fingerprint density at radius 1 is 0.955 bits per heavy atom. The van der Waals surface area contributed by atoms with E-state index < -0.39 is 11.6 Å². The molecule has 0 aromatic heterocycles. The molecule has 0 radical (unpaired) electrons. The van der Waals surface area contributed by atoms with E-state index in [4.69, 9.17) is 25.8 Å². The van der Waals surface area contributed by atoms with Gasteiger partial charge in [0.1, 0.15) is 23.1 Å². The Labute approximate surface area is 132 Å². The molecule has 0 atom stereocenters. The van der Waals surface area contributed by atoms with E-state index in [1.807, 2.05) is 0 Å². The first-order valence-electron chi connectivity index (χ1n) is 6.31. The fourth-order valence-corrected chi connectivity index (χ4v) is 2.23. The van der Waals surface area contributed by atoms with Gasteiger partial charge in [0.15, 0.2) is 5.78 Å². The molecule has 0 saturated heterocycles. The van der Waals surface area contributed by atoms with Gasteiger partial charge in [0.25, 0.3) is 0 Å². The second kappa shape index (κ2) is 6.66. The first-order chi connectivity index (χ1) is 10.5. The van der Waals surface area contributed by atoms with Crippen LogP contribution in [-0.4, -0.2) is 27.1 Å². The first-order valence-corrected chi connectivity index (χ1v) is 6.69. The number of ketones is 1. The third-order valence-electron chi connectivity index (χ3n) is 3.14. The maximum atomic E-state index is 14.1. The second-order valence-electron chi connectivity index (χ2n) is 4.36. The van der Waals surface area contributed by atoms with Crippen molar-refractivity contribution in [2.75, 3.05) is 21.3 Å². The Bertz CT molecular complexity index is 716. The van der Waals surface area contributed by atoms with E-state index >= 15 is 0 Å². The van der Waals surface area contributed by atoms with Crippen LogP contribution in [0.15, 0.2) is 30.3 Å². The molecule has 0 aliphatic carbocycles. The maximum absolute atomic E-state index is 14.1. The molecule has 0 aliphatic rings. The van der Waals surface area contributed by atoms with E-state index in [9.17, 15) is 9.18 Å². The molecule has 0 saturated carbocycles. The molecule has 0 bridgehead atoms. The molecule has 116 valence electrons. The number of methoxy groups -OCH3 is 3. The second-order valence-corrected chi connectivity index (χ2v) is 4.77. The summed E-state index contributed by atoms with van der Waals surface area (Å²) in [5, 5.41) is 0.237. The summed E-state index contributed by atoms with van der Waals surface area (Å²) in [5.41, 5.74) is 0.0534. The molecule has 0 fully saturated rings. The number of carbonyl (C=O) groups excluding carboxylic acids is 1. The van der Waals surface area contributed by atoms with Crippen molar-refractivity contribution < 1.29 is 23.4 Å². The van der Waals surface area contributed by atoms with Crippen LogP contribution in [0.4, 0.5) is 4.39 Å². The highest BCUT2D eigenvalue weighted by atomic mass is 35.5. The van der Waals surface area contributed by atoms with E-state index in [0.717, 1.165) is 6.07 Å². The van der Waals surface area contributed by atoms with Gasteiger partial charge in [0, 0.05) is 12.1 Å². The van der Waals surface area contributed by atoms with Crippen molar-refractivity contribution in [3.63, 3.8) is 0 Å². The van der Waals surface area contributed by atoms with Crippen molar-refractivity contribution in [1.29, 1.82) is 0 Å². The maximum Gasteiger partial charge on any atom is 0.199 e. The summed E-state index contributed by atoms with van der Waals surface area (Å²) in [7, 11) is 4.28. The Morgan fingerprint density at radius 2 is 1.64 bits per heavy atom. The predicted octanol–water partition coefficient (Wildman–Crippen LogP) is 3.74. The van der Waals surface area contributed by atoms with E-state index in [-0.39, 0.29) is 21.9 Å². The molecule has 6 heteroatoms. The van der Waals surface area contributed by atoms with Crippen LogP contribution < -0.4 is 14.2 Å². The van der Waals surface area contributed by atoms with Crippen molar-refractivity contribution in [3.05, 3.63) is 52.3 Å². The standard InChI is InChI=1S/C16H14ClFO4/c1-20-9-4-5-10(13(18)6-9)16(19)11-7-12(17)15(22-3)8-14(11)21-2/h4-8H,1-3H3. The molecule has 0 amide bonds. The van der Waals surface area contributed by atoms with Gasteiger partial charge in [-0.25, -0.2) is 4.39 Å². The normalized spacial score (nSPS) is 10.2. The van der Waals surface area contributed by atoms with E-state index in [2.05, 4.69) is 0 Å². The van der Waals surface area contributed by atoms with Crippen LogP contribution >= 0.6 is 11.6 Å². The van der Waals surface area contributed by atoms with Crippen molar-refractivity contribution in [3.8, 4) is 17.2 Å². The number of ether oxygens (including phenoxy) is 3. The summed E-state index contributed by atoms with van der Waals surface area (Å²) < 4.78 is 29.2. The van der Waals surface area contributed by atoms with E-state index in [1.165, 1.54) is 45.6 Å². The number of hydrogen-bond donors (Lipinski definition) is 0. The molecule has 2 aromatic rings. The van der Waals surface area contributed by atoms with Gasteiger partial charge >= 0.3 is 0 Å². The molecule has 0 N–H and O–H groups in total. The highest BCUT2D eigenvalue weighted by Gasteiger charge is 2.21. The zero-order chi connectivity index (χ0) is 16.3. The zero-order valence-corrected chi connectivity index (χ0v) is 13.0. The Morgan fingerprint density at radius 3 is 2.18 bits per heavy atom. The predicted molar refractivity (Wildman–Crippen MR) is 80.9 cm³/mol. The number of hydrogen-bond acceptors (Lipinski definition) is 4. The summed E-state index contributed by atoms with van der Waals surface area (Å²) in [6.07, 6.45) is 0. The van der Waals surface area contributed by atoms with Gasteiger partial charge < -0.3 is 14.2 Å². The lowest BCUT2D eigenvalue weighted by molar-refractivity contribution is 0.103. The van der Waals surface area contributed by atoms with Crippen LogP contribution in [0.5, 0.6) is 17.2 Å². The van der Waals surface area contributed by atoms with Gasteiger partial charge in [-0.1, -0.05) is 11.6 Å². The molecule has 2 aromatic carbocycles.